The lowest BCUT2D eigenvalue weighted by molar-refractivity contribution is 0.985. The summed E-state index contributed by atoms with van der Waals surface area (Å²) in [6.45, 7) is 2.17. The van der Waals surface area contributed by atoms with Crippen LogP contribution in [0.25, 0.3) is 16.5 Å². The second-order valence-corrected chi connectivity index (χ2v) is 5.71. The highest BCUT2D eigenvalue weighted by Gasteiger charge is 2.16. The predicted octanol–water partition coefficient (Wildman–Crippen LogP) is 5.11. The van der Waals surface area contributed by atoms with Gasteiger partial charge in [-0.05, 0) is 30.5 Å². The smallest absolute Gasteiger partial charge is 0.0464 e. The zero-order valence-electron chi connectivity index (χ0n) is 12.5. The maximum absolute atomic E-state index is 3.63. The lowest BCUT2D eigenvalue weighted by Gasteiger charge is -2.25. The third-order valence-corrected chi connectivity index (χ3v) is 4.08. The summed E-state index contributed by atoms with van der Waals surface area (Å²) in [6, 6.07) is 23.6. The highest BCUT2D eigenvalue weighted by Crippen LogP contribution is 2.32. The normalized spacial score (nSPS) is 16.6. The molecule has 2 N–H and O–H groups in total. The quantitative estimate of drug-likeness (QED) is 0.684. The van der Waals surface area contributed by atoms with Crippen LogP contribution in [0.15, 0.2) is 72.8 Å². The van der Waals surface area contributed by atoms with Crippen molar-refractivity contribution in [2.75, 3.05) is 10.6 Å². The van der Waals surface area contributed by atoms with Crippen molar-refractivity contribution in [3.63, 3.8) is 0 Å². The van der Waals surface area contributed by atoms with E-state index in [-0.39, 0.29) is 0 Å². The van der Waals surface area contributed by atoms with Crippen LogP contribution in [0.2, 0.25) is 0 Å². The minimum atomic E-state index is 0.312. The van der Waals surface area contributed by atoms with Gasteiger partial charge in [0.2, 0.25) is 0 Å². The lowest BCUT2D eigenvalue weighted by Crippen LogP contribution is -2.20. The number of hydrogen-bond donors (Lipinski definition) is 2. The number of rotatable bonds is 2. The van der Waals surface area contributed by atoms with Gasteiger partial charge in [0.1, 0.15) is 0 Å². The van der Waals surface area contributed by atoms with E-state index >= 15 is 0 Å². The molecule has 0 aliphatic carbocycles. The van der Waals surface area contributed by atoms with Crippen LogP contribution < -0.4 is 10.6 Å². The minimum absolute atomic E-state index is 0.312. The summed E-state index contributed by atoms with van der Waals surface area (Å²) >= 11 is 0. The fraction of sp³-hybridized carbons (Fsp3) is 0.100. The Kier molecular flexibility index (Phi) is 3.08. The molecular formula is C20H18N2. The first-order valence-electron chi connectivity index (χ1n) is 7.64. The molecule has 1 aliphatic heterocycles. The van der Waals surface area contributed by atoms with E-state index in [1.807, 2.05) is 0 Å². The van der Waals surface area contributed by atoms with Gasteiger partial charge in [0.15, 0.2) is 0 Å². The molecule has 0 saturated heterocycles. The number of fused-ring (bicyclic) bond motifs is 2. The second kappa shape index (κ2) is 5.23. The maximum Gasteiger partial charge on any atom is 0.0464 e. The van der Waals surface area contributed by atoms with E-state index in [0.717, 1.165) is 5.69 Å². The Morgan fingerprint density at radius 1 is 0.864 bits per heavy atom. The molecule has 1 atom stereocenters. The van der Waals surface area contributed by atoms with Crippen molar-refractivity contribution in [3.8, 4) is 0 Å². The van der Waals surface area contributed by atoms with Crippen molar-refractivity contribution in [2.45, 2.75) is 13.0 Å². The molecule has 0 fully saturated rings. The first kappa shape index (κ1) is 13.0. The van der Waals surface area contributed by atoms with Gasteiger partial charge in [-0.2, -0.15) is 0 Å². The van der Waals surface area contributed by atoms with Crippen molar-refractivity contribution in [3.05, 3.63) is 78.4 Å². The van der Waals surface area contributed by atoms with Crippen LogP contribution in [0.4, 0.5) is 11.4 Å². The van der Waals surface area contributed by atoms with E-state index in [9.17, 15) is 0 Å². The molecule has 1 heterocycles. The van der Waals surface area contributed by atoms with E-state index < -0.39 is 0 Å². The summed E-state index contributed by atoms with van der Waals surface area (Å²) < 4.78 is 0. The molecule has 108 valence electrons. The van der Waals surface area contributed by atoms with Crippen molar-refractivity contribution < 1.29 is 0 Å². The van der Waals surface area contributed by atoms with E-state index in [4.69, 9.17) is 0 Å². The Labute approximate surface area is 130 Å². The van der Waals surface area contributed by atoms with E-state index in [1.54, 1.807) is 0 Å². The predicted molar refractivity (Wildman–Crippen MR) is 95.1 cm³/mol. The van der Waals surface area contributed by atoms with Crippen LogP contribution >= 0.6 is 0 Å². The molecular weight excluding hydrogens is 268 g/mol. The monoisotopic (exact) mass is 286 g/mol. The van der Waals surface area contributed by atoms with Crippen molar-refractivity contribution in [1.29, 1.82) is 0 Å². The average molecular weight is 286 g/mol. The third kappa shape index (κ3) is 2.23. The van der Waals surface area contributed by atoms with Gasteiger partial charge in [0.25, 0.3) is 0 Å². The average Bonchev–Trinajstić information content (AvgIpc) is 2.55. The summed E-state index contributed by atoms with van der Waals surface area (Å²) in [4.78, 5) is 0. The van der Waals surface area contributed by atoms with Gasteiger partial charge in [0.05, 0.1) is 0 Å². The molecule has 1 unspecified atom stereocenters. The van der Waals surface area contributed by atoms with E-state index in [2.05, 4.69) is 90.4 Å². The van der Waals surface area contributed by atoms with Gasteiger partial charge in [-0.1, -0.05) is 54.6 Å². The van der Waals surface area contributed by atoms with Crippen LogP contribution in [-0.4, -0.2) is 6.04 Å². The largest absolute Gasteiger partial charge is 0.378 e. The summed E-state index contributed by atoms with van der Waals surface area (Å²) in [7, 11) is 0. The number of anilines is 2. The standard InChI is InChI=1S/C20H18N2/c1-14-13-20(17-10-4-5-11-19(17)21-14)22-18-12-6-8-15-7-2-3-9-16(15)18/h2-14,21-22H,1H3. The fourth-order valence-corrected chi connectivity index (χ4v) is 3.06. The lowest BCUT2D eigenvalue weighted by atomic mass is 10.0. The Morgan fingerprint density at radius 3 is 2.59 bits per heavy atom. The minimum Gasteiger partial charge on any atom is -0.378 e. The Bertz CT molecular complexity index is 859. The topological polar surface area (TPSA) is 24.1 Å². The van der Waals surface area contributed by atoms with Gasteiger partial charge in [-0.3, -0.25) is 0 Å². The van der Waals surface area contributed by atoms with Gasteiger partial charge in [0, 0.05) is 34.1 Å². The van der Waals surface area contributed by atoms with Gasteiger partial charge < -0.3 is 10.6 Å². The molecule has 0 aromatic heterocycles. The number of hydrogen-bond acceptors (Lipinski definition) is 2. The Hall–Kier alpha value is -2.74. The van der Waals surface area contributed by atoms with Gasteiger partial charge in [-0.25, -0.2) is 0 Å². The molecule has 3 aromatic rings. The number of para-hydroxylation sites is 1. The van der Waals surface area contributed by atoms with Crippen LogP contribution in [0.3, 0.4) is 0 Å². The van der Waals surface area contributed by atoms with Crippen molar-refractivity contribution in [2.24, 2.45) is 0 Å². The number of nitrogens with one attached hydrogen (secondary N) is 2. The third-order valence-electron chi connectivity index (χ3n) is 4.08. The first-order valence-corrected chi connectivity index (χ1v) is 7.64. The van der Waals surface area contributed by atoms with E-state index in [1.165, 1.54) is 27.7 Å². The molecule has 0 radical (unpaired) electrons. The van der Waals surface area contributed by atoms with Crippen LogP contribution in [-0.2, 0) is 0 Å². The molecule has 0 saturated carbocycles. The molecule has 22 heavy (non-hydrogen) atoms. The SMILES string of the molecule is CC1C=C(Nc2cccc3ccccc23)c2ccccc2N1. The zero-order chi connectivity index (χ0) is 14.9. The molecule has 0 amide bonds. The molecule has 3 aromatic carbocycles. The molecule has 0 spiro atoms. The molecule has 4 rings (SSSR count). The van der Waals surface area contributed by atoms with Crippen molar-refractivity contribution >= 4 is 27.8 Å². The van der Waals surface area contributed by atoms with Crippen LogP contribution in [0.1, 0.15) is 12.5 Å². The molecule has 0 bridgehead atoms. The highest BCUT2D eigenvalue weighted by atomic mass is 15.0. The van der Waals surface area contributed by atoms with Gasteiger partial charge >= 0.3 is 0 Å². The Balaban J connectivity index is 1.79. The zero-order valence-corrected chi connectivity index (χ0v) is 12.5. The second-order valence-electron chi connectivity index (χ2n) is 5.71. The van der Waals surface area contributed by atoms with Gasteiger partial charge in [-0.15, -0.1) is 0 Å². The molecule has 2 heteroatoms. The van der Waals surface area contributed by atoms with E-state index in [0.29, 0.717) is 6.04 Å². The molecule has 1 aliphatic rings. The summed E-state index contributed by atoms with van der Waals surface area (Å²) in [5.41, 5.74) is 4.71. The highest BCUT2D eigenvalue weighted by molar-refractivity contribution is 5.98. The maximum atomic E-state index is 3.63. The fourth-order valence-electron chi connectivity index (χ4n) is 3.06. The van der Waals surface area contributed by atoms with Crippen molar-refractivity contribution in [1.82, 2.24) is 0 Å². The summed E-state index contributed by atoms with van der Waals surface area (Å²) in [6.07, 6.45) is 2.24. The first-order chi connectivity index (χ1) is 10.8. The van der Waals surface area contributed by atoms with Crippen LogP contribution in [0.5, 0.6) is 0 Å². The summed E-state index contributed by atoms with van der Waals surface area (Å²) in [5.74, 6) is 0. The summed E-state index contributed by atoms with van der Waals surface area (Å²) in [5, 5.41) is 9.63. The molecule has 2 nitrogen and oxygen atoms in total. The Morgan fingerprint density at radius 2 is 1.64 bits per heavy atom. The number of benzene rings is 3. The van der Waals surface area contributed by atoms with Crippen LogP contribution in [0, 0.1) is 0 Å².